The van der Waals surface area contributed by atoms with Crippen molar-refractivity contribution in [3.8, 4) is 0 Å². The molecule has 0 radical (unpaired) electrons. The SMILES string of the molecule is CC[NH+](CC)CC.CC[NH+](CC)CC.O=C1O[Si-]23(c4ccccc4)OC(=O)[C@H](O2)[C@H]2O[Si-]4(c5ccccc5)(OC(=O)[C@H](O4)[C@H]1O3)OC2=O. The molecule has 0 aromatic heterocycles. The van der Waals surface area contributed by atoms with E-state index in [1.54, 1.807) is 46.2 Å². The Hall–Kier alpha value is -3.49. The zero-order chi connectivity index (χ0) is 34.8. The van der Waals surface area contributed by atoms with Crippen molar-refractivity contribution in [2.75, 3.05) is 39.3 Å². The third kappa shape index (κ3) is 5.79. The second kappa shape index (κ2) is 13.4. The molecule has 16 heteroatoms. The molecule has 5 aliphatic heterocycles. The van der Waals surface area contributed by atoms with E-state index in [1.165, 1.54) is 63.5 Å². The van der Waals surface area contributed by atoms with Crippen LogP contribution in [-0.2, 0) is 54.6 Å². The Morgan fingerprint density at radius 3 is 0.854 bits per heavy atom. The molecule has 5 heterocycles. The van der Waals surface area contributed by atoms with Crippen LogP contribution >= 0.6 is 0 Å². The molecule has 0 aliphatic carbocycles. The van der Waals surface area contributed by atoms with Crippen LogP contribution in [0, 0.1) is 0 Å². The molecule has 2 spiro atoms. The summed E-state index contributed by atoms with van der Waals surface area (Å²) in [4.78, 5) is 55.7. The summed E-state index contributed by atoms with van der Waals surface area (Å²) < 4.78 is 46.4. The maximum absolute atomic E-state index is 13.1. The second-order valence-electron chi connectivity index (χ2n) is 12.0. The van der Waals surface area contributed by atoms with Crippen LogP contribution in [0.1, 0.15) is 41.5 Å². The summed E-state index contributed by atoms with van der Waals surface area (Å²) in [6.07, 6.45) is -6.99. The number of rotatable bonds is 8. The summed E-state index contributed by atoms with van der Waals surface area (Å²) in [5.41, 5.74) is 0. The summed E-state index contributed by atoms with van der Waals surface area (Å²) in [5.74, 6) is -4.25. The van der Waals surface area contributed by atoms with Gasteiger partial charge >= 0.3 is 191 Å². The Morgan fingerprint density at radius 1 is 0.438 bits per heavy atom. The van der Waals surface area contributed by atoms with E-state index in [1.807, 2.05) is 0 Å². The molecule has 5 aliphatic rings. The Balaban J connectivity index is 0.000000273. The zero-order valence-electron chi connectivity index (χ0n) is 28.2. The predicted molar refractivity (Wildman–Crippen MR) is 173 cm³/mol. The Kier molecular flexibility index (Phi) is 10.0. The van der Waals surface area contributed by atoms with E-state index in [0.29, 0.717) is 0 Å². The van der Waals surface area contributed by atoms with Crippen molar-refractivity contribution in [1.29, 1.82) is 0 Å². The number of benzene rings is 2. The van der Waals surface area contributed by atoms with Gasteiger partial charge in [-0.05, 0) is 41.5 Å². The first-order valence-corrected chi connectivity index (χ1v) is 21.0. The topological polar surface area (TPSA) is 151 Å². The molecule has 48 heavy (non-hydrogen) atoms. The average Bonchev–Trinajstić information content (AvgIpc) is 3.77. The monoisotopic (exact) mass is 706 g/mol. The molecule has 0 unspecified atom stereocenters. The van der Waals surface area contributed by atoms with Crippen molar-refractivity contribution < 1.29 is 64.4 Å². The summed E-state index contributed by atoms with van der Waals surface area (Å²) in [6, 6.07) is 15.6. The number of carbonyl (C=O) groups is 4. The number of nitrogens with one attached hydrogen (secondary N) is 2. The van der Waals surface area contributed by atoms with Gasteiger partial charge in [0.25, 0.3) is 0 Å². The quantitative estimate of drug-likeness (QED) is 0.299. The molecule has 14 nitrogen and oxygen atoms in total. The van der Waals surface area contributed by atoms with Gasteiger partial charge in [0.2, 0.25) is 0 Å². The van der Waals surface area contributed by atoms with E-state index in [2.05, 4.69) is 41.5 Å². The maximum atomic E-state index is 13.1. The van der Waals surface area contributed by atoms with Crippen LogP contribution in [0.15, 0.2) is 60.7 Å². The average molecular weight is 707 g/mol. The molecule has 5 fully saturated rings. The minimum atomic E-state index is -5.51. The van der Waals surface area contributed by atoms with Crippen molar-refractivity contribution in [3.05, 3.63) is 60.7 Å². The van der Waals surface area contributed by atoms with Gasteiger partial charge in [0.1, 0.15) is 0 Å². The fourth-order valence-corrected chi connectivity index (χ4v) is 14.0. The van der Waals surface area contributed by atoms with Gasteiger partial charge in [-0.1, -0.05) is 0 Å². The molecule has 4 atom stereocenters. The van der Waals surface area contributed by atoms with Gasteiger partial charge in [0.15, 0.2) is 0 Å². The van der Waals surface area contributed by atoms with Crippen LogP contribution in [0.4, 0.5) is 0 Å². The Morgan fingerprint density at radius 2 is 0.667 bits per heavy atom. The van der Waals surface area contributed by atoms with Crippen LogP contribution in [0.3, 0.4) is 0 Å². The van der Waals surface area contributed by atoms with E-state index >= 15 is 0 Å². The Bertz CT molecular complexity index is 1340. The molecule has 5 saturated heterocycles. The molecule has 7 rings (SSSR count). The third-order valence-corrected chi connectivity index (χ3v) is 16.8. The Labute approximate surface area is 280 Å². The van der Waals surface area contributed by atoms with Gasteiger partial charge in [-0.2, -0.15) is 0 Å². The third-order valence-electron chi connectivity index (χ3n) is 9.40. The normalized spacial score (nSPS) is 29.2. The van der Waals surface area contributed by atoms with E-state index < -0.39 is 64.9 Å². The molecule has 6 bridgehead atoms. The summed E-state index contributed by atoms with van der Waals surface area (Å²) in [7, 11) is -11.0. The first-order valence-electron chi connectivity index (χ1n) is 16.7. The molecule has 0 saturated carbocycles. The minimum absolute atomic E-state index is 0.120. The van der Waals surface area contributed by atoms with Gasteiger partial charge in [-0.3, -0.25) is 0 Å². The van der Waals surface area contributed by atoms with Gasteiger partial charge in [0, 0.05) is 0 Å². The van der Waals surface area contributed by atoms with Crippen molar-refractivity contribution >= 4 is 50.9 Å². The van der Waals surface area contributed by atoms with Crippen LogP contribution < -0.4 is 20.2 Å². The van der Waals surface area contributed by atoms with Crippen LogP contribution in [0.2, 0.25) is 0 Å². The number of hydrogen-bond acceptors (Lipinski definition) is 12. The number of fused-ring (bicyclic) bond motifs is 6. The summed E-state index contributed by atoms with van der Waals surface area (Å²) in [6.45, 7) is 21.0. The predicted octanol–water partition coefficient (Wildman–Crippen LogP) is -1.78. The van der Waals surface area contributed by atoms with Crippen molar-refractivity contribution in [2.45, 2.75) is 66.0 Å². The van der Waals surface area contributed by atoms with E-state index in [0.717, 1.165) is 0 Å². The van der Waals surface area contributed by atoms with Crippen molar-refractivity contribution in [2.24, 2.45) is 0 Å². The van der Waals surface area contributed by atoms with E-state index in [9.17, 15) is 19.2 Å². The molecular formula is C32H46N2O12Si2. The summed E-state index contributed by atoms with van der Waals surface area (Å²) in [5, 5.41) is 0.241. The van der Waals surface area contributed by atoms with E-state index in [-0.39, 0.29) is 10.4 Å². The number of carbonyl (C=O) groups excluding carboxylic acids is 4. The van der Waals surface area contributed by atoms with Crippen molar-refractivity contribution in [1.82, 2.24) is 0 Å². The first kappa shape index (κ1) is 35.8. The fourth-order valence-electron chi connectivity index (χ4n) is 6.45. The molecule has 0 amide bonds. The summed E-state index contributed by atoms with van der Waals surface area (Å²) >= 11 is 0. The zero-order valence-corrected chi connectivity index (χ0v) is 30.2. The van der Waals surface area contributed by atoms with Gasteiger partial charge in [0.05, 0.1) is 39.3 Å². The molecule has 2 aromatic rings. The van der Waals surface area contributed by atoms with Crippen LogP contribution in [0.25, 0.3) is 0 Å². The molecule has 2 N–H and O–H groups in total. The van der Waals surface area contributed by atoms with Crippen LogP contribution in [-0.4, -0.2) is 104 Å². The standard InChI is InChI=1S/C20H14O12Si2.2C6H15N/c21-17-13-15-19(23)31-34(27-15,12-9-5-2-6-10-12)28-16(20(24)32-34)14-18(22)30-33(25-13,26-14,29-17)11-7-3-1-4-8-11;2*1-4-7(5-2)6-3/h1-10,13-16H;2*4-6H2,1-3H3/q-2;;/p+2/t13-,14-,15-,16-;;/m1../s1. The van der Waals surface area contributed by atoms with Gasteiger partial charge < -0.3 is 9.80 Å². The van der Waals surface area contributed by atoms with Gasteiger partial charge in [-0.25, -0.2) is 0 Å². The van der Waals surface area contributed by atoms with Crippen LogP contribution in [0.5, 0.6) is 0 Å². The van der Waals surface area contributed by atoms with Crippen molar-refractivity contribution in [3.63, 3.8) is 0 Å². The first-order chi connectivity index (χ1) is 22.9. The molecule has 264 valence electrons. The number of quaternary nitrogens is 2. The molecular weight excluding hydrogens is 661 g/mol. The molecule has 2 aromatic carbocycles. The number of hydrogen-bond donors (Lipinski definition) is 2. The van der Waals surface area contributed by atoms with E-state index in [4.69, 9.17) is 35.4 Å². The second-order valence-corrected chi connectivity index (χ2v) is 18.6. The van der Waals surface area contributed by atoms with Gasteiger partial charge in [-0.15, -0.1) is 0 Å². The fraction of sp³-hybridized carbons (Fsp3) is 0.500.